The first-order chi connectivity index (χ1) is 8.29. The van der Waals surface area contributed by atoms with E-state index >= 15 is 0 Å². The van der Waals surface area contributed by atoms with Gasteiger partial charge in [0.25, 0.3) is 0 Å². The first-order valence-electron chi connectivity index (χ1n) is 6.30. The van der Waals surface area contributed by atoms with Crippen LogP contribution < -0.4 is 5.32 Å². The standard InChI is InChI=1S/C13H25N3O2/c1-10-11(7-15-16(10)5)6-14-8-12(17)9-18-13(2,3)4/h7,12,14,17H,6,8-9H2,1-5H3. The van der Waals surface area contributed by atoms with Crippen molar-refractivity contribution < 1.29 is 9.84 Å². The zero-order chi connectivity index (χ0) is 13.8. The SMILES string of the molecule is Cc1c(CNCC(O)COC(C)(C)C)cnn1C. The Bertz CT molecular complexity index is 369. The minimum Gasteiger partial charge on any atom is -0.389 e. The van der Waals surface area contributed by atoms with Crippen LogP contribution in [0.3, 0.4) is 0 Å². The lowest BCUT2D eigenvalue weighted by Gasteiger charge is -2.22. The van der Waals surface area contributed by atoms with Gasteiger partial charge in [-0.25, -0.2) is 0 Å². The van der Waals surface area contributed by atoms with E-state index in [1.807, 2.05) is 45.6 Å². The molecule has 1 heterocycles. The third kappa shape index (κ3) is 5.16. The number of hydrogen-bond donors (Lipinski definition) is 2. The van der Waals surface area contributed by atoms with Crippen LogP contribution >= 0.6 is 0 Å². The molecule has 0 aromatic carbocycles. The molecular formula is C13H25N3O2. The van der Waals surface area contributed by atoms with E-state index in [4.69, 9.17) is 4.74 Å². The molecule has 1 unspecified atom stereocenters. The van der Waals surface area contributed by atoms with Crippen molar-refractivity contribution in [1.82, 2.24) is 15.1 Å². The molecule has 0 aliphatic carbocycles. The fourth-order valence-corrected chi connectivity index (χ4v) is 1.50. The van der Waals surface area contributed by atoms with Crippen LogP contribution in [0.1, 0.15) is 32.0 Å². The van der Waals surface area contributed by atoms with Crippen LogP contribution in [0.25, 0.3) is 0 Å². The second-order valence-corrected chi connectivity index (χ2v) is 5.59. The first kappa shape index (κ1) is 15.1. The van der Waals surface area contributed by atoms with Crippen LogP contribution in [0.4, 0.5) is 0 Å². The number of aliphatic hydroxyl groups excluding tert-OH is 1. The summed E-state index contributed by atoms with van der Waals surface area (Å²) in [4.78, 5) is 0. The highest BCUT2D eigenvalue weighted by molar-refractivity contribution is 5.15. The summed E-state index contributed by atoms with van der Waals surface area (Å²) in [5.41, 5.74) is 2.09. The normalized spacial score (nSPS) is 13.9. The van der Waals surface area contributed by atoms with Crippen LogP contribution in [0.5, 0.6) is 0 Å². The van der Waals surface area contributed by atoms with Gasteiger partial charge in [-0.2, -0.15) is 5.10 Å². The quantitative estimate of drug-likeness (QED) is 0.796. The molecule has 0 spiro atoms. The molecule has 18 heavy (non-hydrogen) atoms. The first-order valence-corrected chi connectivity index (χ1v) is 6.30. The number of nitrogens with one attached hydrogen (secondary N) is 1. The smallest absolute Gasteiger partial charge is 0.0898 e. The third-order valence-electron chi connectivity index (χ3n) is 2.74. The van der Waals surface area contributed by atoms with Crippen molar-refractivity contribution in [2.24, 2.45) is 7.05 Å². The molecule has 0 saturated carbocycles. The molecule has 0 radical (unpaired) electrons. The molecule has 1 aromatic heterocycles. The summed E-state index contributed by atoms with van der Waals surface area (Å²) in [5, 5.41) is 17.1. The van der Waals surface area contributed by atoms with Gasteiger partial charge < -0.3 is 15.2 Å². The highest BCUT2D eigenvalue weighted by Crippen LogP contribution is 2.07. The van der Waals surface area contributed by atoms with E-state index < -0.39 is 6.10 Å². The minimum absolute atomic E-state index is 0.207. The molecule has 1 rings (SSSR count). The zero-order valence-corrected chi connectivity index (χ0v) is 12.0. The van der Waals surface area contributed by atoms with E-state index in [-0.39, 0.29) is 5.60 Å². The van der Waals surface area contributed by atoms with Gasteiger partial charge in [-0.05, 0) is 27.7 Å². The Labute approximate surface area is 109 Å². The molecule has 0 saturated heterocycles. The molecular weight excluding hydrogens is 230 g/mol. The van der Waals surface area contributed by atoms with Crippen LogP contribution in [0.2, 0.25) is 0 Å². The maximum atomic E-state index is 9.76. The van der Waals surface area contributed by atoms with E-state index in [1.54, 1.807) is 0 Å². The summed E-state index contributed by atoms with van der Waals surface area (Å²) >= 11 is 0. The lowest BCUT2D eigenvalue weighted by Crippen LogP contribution is -2.33. The zero-order valence-electron chi connectivity index (χ0n) is 12.0. The van der Waals surface area contributed by atoms with Crippen LogP contribution in [-0.4, -0.2) is 39.7 Å². The van der Waals surface area contributed by atoms with E-state index in [0.29, 0.717) is 19.7 Å². The van der Waals surface area contributed by atoms with Crippen LogP contribution in [-0.2, 0) is 18.3 Å². The van der Waals surface area contributed by atoms with Gasteiger partial charge >= 0.3 is 0 Å². The summed E-state index contributed by atoms with van der Waals surface area (Å²) in [6, 6.07) is 0. The van der Waals surface area contributed by atoms with Crippen molar-refractivity contribution in [3.63, 3.8) is 0 Å². The Morgan fingerprint density at radius 1 is 1.50 bits per heavy atom. The Kier molecular flexibility index (Phi) is 5.31. The Hall–Kier alpha value is -0.910. The molecule has 1 aromatic rings. The van der Waals surface area contributed by atoms with Gasteiger partial charge in [0.1, 0.15) is 0 Å². The van der Waals surface area contributed by atoms with Gasteiger partial charge in [-0.15, -0.1) is 0 Å². The molecule has 0 aliphatic heterocycles. The van der Waals surface area contributed by atoms with Gasteiger partial charge in [-0.3, -0.25) is 4.68 Å². The molecule has 1 atom stereocenters. The fourth-order valence-electron chi connectivity index (χ4n) is 1.50. The van der Waals surface area contributed by atoms with E-state index in [1.165, 1.54) is 0 Å². The molecule has 0 aliphatic rings. The number of rotatable bonds is 6. The highest BCUT2D eigenvalue weighted by atomic mass is 16.5. The van der Waals surface area contributed by atoms with Gasteiger partial charge in [-0.1, -0.05) is 0 Å². The van der Waals surface area contributed by atoms with Gasteiger partial charge in [0.2, 0.25) is 0 Å². The fraction of sp³-hybridized carbons (Fsp3) is 0.769. The highest BCUT2D eigenvalue weighted by Gasteiger charge is 2.13. The van der Waals surface area contributed by atoms with Gasteiger partial charge in [0.15, 0.2) is 0 Å². The summed E-state index contributed by atoms with van der Waals surface area (Å²) in [7, 11) is 1.92. The topological polar surface area (TPSA) is 59.3 Å². The number of ether oxygens (including phenoxy) is 1. The summed E-state index contributed by atoms with van der Waals surface area (Å²) < 4.78 is 7.36. The largest absolute Gasteiger partial charge is 0.389 e. The monoisotopic (exact) mass is 255 g/mol. The number of aromatic nitrogens is 2. The predicted molar refractivity (Wildman–Crippen MR) is 71.4 cm³/mol. The lowest BCUT2D eigenvalue weighted by atomic mass is 10.2. The number of aliphatic hydroxyl groups is 1. The lowest BCUT2D eigenvalue weighted by molar-refractivity contribution is -0.0479. The third-order valence-corrected chi connectivity index (χ3v) is 2.74. The van der Waals surface area contributed by atoms with Crippen LogP contribution in [0, 0.1) is 6.92 Å². The average Bonchev–Trinajstić information content (AvgIpc) is 2.57. The second-order valence-electron chi connectivity index (χ2n) is 5.59. The molecule has 0 bridgehead atoms. The maximum absolute atomic E-state index is 9.76. The molecule has 104 valence electrons. The second kappa shape index (κ2) is 6.31. The molecule has 2 N–H and O–H groups in total. The molecule has 0 amide bonds. The maximum Gasteiger partial charge on any atom is 0.0898 e. The number of hydrogen-bond acceptors (Lipinski definition) is 4. The van der Waals surface area contributed by atoms with E-state index in [0.717, 1.165) is 11.3 Å². The van der Waals surface area contributed by atoms with E-state index in [9.17, 15) is 5.11 Å². The summed E-state index contributed by atoms with van der Waals surface area (Å²) in [6.45, 7) is 9.55. The van der Waals surface area contributed by atoms with Crippen LogP contribution in [0.15, 0.2) is 6.20 Å². The molecule has 5 nitrogen and oxygen atoms in total. The van der Waals surface area contributed by atoms with Crippen molar-refractivity contribution >= 4 is 0 Å². The Balaban J connectivity index is 2.23. The van der Waals surface area contributed by atoms with Crippen molar-refractivity contribution in [3.8, 4) is 0 Å². The van der Waals surface area contributed by atoms with Crippen molar-refractivity contribution in [2.45, 2.75) is 45.9 Å². The summed E-state index contributed by atoms with van der Waals surface area (Å²) in [5.74, 6) is 0. The number of nitrogens with zero attached hydrogens (tertiary/aromatic N) is 2. The Morgan fingerprint density at radius 2 is 2.17 bits per heavy atom. The van der Waals surface area contributed by atoms with Crippen molar-refractivity contribution in [2.75, 3.05) is 13.2 Å². The summed E-state index contributed by atoms with van der Waals surface area (Å²) in [6.07, 6.45) is 1.36. The molecule has 5 heteroatoms. The molecule has 0 fully saturated rings. The van der Waals surface area contributed by atoms with Crippen molar-refractivity contribution in [1.29, 1.82) is 0 Å². The predicted octanol–water partition coefficient (Wildman–Crippen LogP) is 0.994. The Morgan fingerprint density at radius 3 is 2.67 bits per heavy atom. The minimum atomic E-state index is -0.485. The number of aryl methyl sites for hydroxylation is 1. The van der Waals surface area contributed by atoms with E-state index in [2.05, 4.69) is 10.4 Å². The average molecular weight is 255 g/mol. The van der Waals surface area contributed by atoms with Crippen molar-refractivity contribution in [3.05, 3.63) is 17.5 Å². The van der Waals surface area contributed by atoms with Gasteiger partial charge in [0, 0.05) is 31.4 Å². The van der Waals surface area contributed by atoms with Gasteiger partial charge in [0.05, 0.1) is 24.5 Å².